The Kier molecular flexibility index (Phi) is 7.48. The fourth-order valence-electron chi connectivity index (χ4n) is 5.24. The summed E-state index contributed by atoms with van der Waals surface area (Å²) < 4.78 is 5.34. The van der Waals surface area contributed by atoms with Gasteiger partial charge in [-0.1, -0.05) is 19.3 Å². The van der Waals surface area contributed by atoms with Crippen LogP contribution in [0.5, 0.6) is 0 Å². The molecule has 3 heterocycles. The minimum Gasteiger partial charge on any atom is -0.461 e. The molecule has 0 radical (unpaired) electrons. The second kappa shape index (κ2) is 10.3. The largest absolute Gasteiger partial charge is 0.461 e. The van der Waals surface area contributed by atoms with Crippen molar-refractivity contribution in [1.29, 1.82) is 0 Å². The number of ether oxygens (including phenoxy) is 1. The minimum atomic E-state index is -0.510. The highest BCUT2D eigenvalue weighted by molar-refractivity contribution is 7.09. The smallest absolute Gasteiger partial charge is 0.329 e. The van der Waals surface area contributed by atoms with E-state index in [1.54, 1.807) is 4.90 Å². The summed E-state index contributed by atoms with van der Waals surface area (Å²) in [6.45, 7) is 5.75. The Hall–Kier alpha value is -1.96. The Labute approximate surface area is 194 Å². The summed E-state index contributed by atoms with van der Waals surface area (Å²) >= 11 is 1.52. The van der Waals surface area contributed by atoms with E-state index in [4.69, 9.17) is 4.74 Å². The van der Waals surface area contributed by atoms with Crippen molar-refractivity contribution in [3.05, 3.63) is 16.1 Å². The highest BCUT2D eigenvalue weighted by Gasteiger charge is 2.37. The molecule has 0 N–H and O–H groups in total. The van der Waals surface area contributed by atoms with Crippen LogP contribution in [0.2, 0.25) is 0 Å². The first-order chi connectivity index (χ1) is 15.4. The predicted octanol–water partition coefficient (Wildman–Crippen LogP) is 3.99. The third-order valence-electron chi connectivity index (χ3n) is 6.99. The number of aromatic nitrogens is 1. The molecule has 0 spiro atoms. The van der Waals surface area contributed by atoms with E-state index in [2.05, 4.69) is 4.98 Å². The fraction of sp³-hybridized carbons (Fsp3) is 0.750. The highest BCUT2D eigenvalue weighted by atomic mass is 32.1. The molecule has 32 heavy (non-hydrogen) atoms. The predicted molar refractivity (Wildman–Crippen MR) is 123 cm³/mol. The van der Waals surface area contributed by atoms with Crippen LogP contribution in [0.4, 0.5) is 0 Å². The number of piperidine rings is 1. The zero-order valence-electron chi connectivity index (χ0n) is 19.3. The molecule has 0 aromatic carbocycles. The van der Waals surface area contributed by atoms with Crippen molar-refractivity contribution >= 4 is 29.1 Å². The zero-order chi connectivity index (χ0) is 22.7. The van der Waals surface area contributed by atoms with Gasteiger partial charge in [0.2, 0.25) is 5.91 Å². The summed E-state index contributed by atoms with van der Waals surface area (Å²) in [7, 11) is 0. The third kappa shape index (κ3) is 5.16. The second-order valence-corrected chi connectivity index (χ2v) is 10.5. The second-order valence-electron chi connectivity index (χ2n) is 9.65. The van der Waals surface area contributed by atoms with Crippen molar-refractivity contribution in [3.8, 4) is 0 Å². The molecule has 2 saturated heterocycles. The molecule has 1 aromatic rings. The maximum Gasteiger partial charge on any atom is 0.329 e. The first kappa shape index (κ1) is 23.2. The quantitative estimate of drug-likeness (QED) is 0.620. The average molecular weight is 462 g/mol. The average Bonchev–Trinajstić information content (AvgIpc) is 3.49. The first-order valence-corrected chi connectivity index (χ1v) is 13.1. The van der Waals surface area contributed by atoms with Gasteiger partial charge in [-0.25, -0.2) is 9.78 Å². The number of esters is 1. The van der Waals surface area contributed by atoms with Crippen molar-refractivity contribution in [2.24, 2.45) is 5.92 Å². The van der Waals surface area contributed by atoms with Crippen molar-refractivity contribution in [2.75, 3.05) is 19.6 Å². The zero-order valence-corrected chi connectivity index (χ0v) is 20.1. The Morgan fingerprint density at radius 2 is 1.72 bits per heavy atom. The number of carbonyl (C=O) groups excluding carboxylic acids is 3. The van der Waals surface area contributed by atoms with Gasteiger partial charge in [0, 0.05) is 36.9 Å². The van der Waals surface area contributed by atoms with Gasteiger partial charge in [0.25, 0.3) is 5.91 Å². The lowest BCUT2D eigenvalue weighted by Gasteiger charge is -2.34. The van der Waals surface area contributed by atoms with Crippen LogP contribution in [-0.4, -0.2) is 64.3 Å². The van der Waals surface area contributed by atoms with Crippen molar-refractivity contribution in [3.63, 3.8) is 0 Å². The summed E-state index contributed by atoms with van der Waals surface area (Å²) in [6, 6.07) is -0.510. The lowest BCUT2D eigenvalue weighted by molar-refractivity contribution is -0.152. The fourth-order valence-corrected chi connectivity index (χ4v) is 6.21. The van der Waals surface area contributed by atoms with Crippen molar-refractivity contribution in [1.82, 2.24) is 14.8 Å². The number of hydrogen-bond donors (Lipinski definition) is 0. The molecule has 1 saturated carbocycles. The third-order valence-corrected chi connectivity index (χ3v) is 8.00. The molecule has 3 fully saturated rings. The maximum atomic E-state index is 13.1. The van der Waals surface area contributed by atoms with Crippen molar-refractivity contribution < 1.29 is 19.1 Å². The molecule has 4 rings (SSSR count). The van der Waals surface area contributed by atoms with E-state index in [9.17, 15) is 14.4 Å². The van der Waals surface area contributed by atoms with Gasteiger partial charge in [0.1, 0.15) is 11.7 Å². The van der Waals surface area contributed by atoms with Crippen LogP contribution in [0.1, 0.15) is 93.0 Å². The van der Waals surface area contributed by atoms with Crippen molar-refractivity contribution in [2.45, 2.75) is 89.7 Å². The van der Waals surface area contributed by atoms with Crippen LogP contribution in [0, 0.1) is 5.92 Å². The van der Waals surface area contributed by atoms with E-state index in [0.717, 1.165) is 50.2 Å². The molecular formula is C24H35N3O4S. The highest BCUT2D eigenvalue weighted by Crippen LogP contribution is 2.33. The SMILES string of the molecule is CC(C)OC(=O)C1CCCN1C(=O)c1csc(C2CCN(C(=O)C3CCCCC3)CC2)n1. The number of hydrogen-bond acceptors (Lipinski definition) is 6. The molecule has 8 heteroatoms. The molecule has 1 atom stereocenters. The summed E-state index contributed by atoms with van der Waals surface area (Å²) in [5, 5.41) is 2.79. The van der Waals surface area contributed by atoms with E-state index in [1.165, 1.54) is 30.6 Å². The molecule has 176 valence electrons. The molecule has 0 bridgehead atoms. The molecule has 7 nitrogen and oxygen atoms in total. The van der Waals surface area contributed by atoms with E-state index in [0.29, 0.717) is 24.6 Å². The number of likely N-dealkylation sites (tertiary alicyclic amines) is 2. The van der Waals surface area contributed by atoms with Gasteiger partial charge >= 0.3 is 5.97 Å². The molecule has 1 unspecified atom stereocenters. The standard InChI is InChI=1S/C24H35N3O4S/c1-16(2)31-24(30)20-9-6-12-27(20)23(29)19-15-32-21(25-19)17-10-13-26(14-11-17)22(28)18-7-4-3-5-8-18/h15-18,20H,3-14H2,1-2H3. The topological polar surface area (TPSA) is 79.8 Å². The monoisotopic (exact) mass is 461 g/mol. The molecule has 2 aliphatic heterocycles. The van der Waals surface area contributed by atoms with E-state index < -0.39 is 6.04 Å². The van der Waals surface area contributed by atoms with Crippen LogP contribution in [-0.2, 0) is 14.3 Å². The van der Waals surface area contributed by atoms with Gasteiger partial charge in [0.15, 0.2) is 0 Å². The number of carbonyl (C=O) groups is 3. The minimum absolute atomic E-state index is 0.180. The molecular weight excluding hydrogens is 426 g/mol. The number of amides is 2. The Balaban J connectivity index is 1.33. The van der Waals surface area contributed by atoms with Crippen LogP contribution in [0.15, 0.2) is 5.38 Å². The first-order valence-electron chi connectivity index (χ1n) is 12.2. The molecule has 1 aliphatic carbocycles. The van der Waals surface area contributed by atoms with E-state index in [1.807, 2.05) is 24.1 Å². The summed E-state index contributed by atoms with van der Waals surface area (Å²) in [6.07, 6.45) is 8.73. The van der Waals surface area contributed by atoms with Gasteiger partial charge in [0.05, 0.1) is 11.1 Å². The number of nitrogens with zero attached hydrogens (tertiary/aromatic N) is 3. The van der Waals surface area contributed by atoms with Gasteiger partial charge in [-0.05, 0) is 52.4 Å². The Bertz CT molecular complexity index is 825. The van der Waals surface area contributed by atoms with E-state index in [-0.39, 0.29) is 29.8 Å². The van der Waals surface area contributed by atoms with Crippen LogP contribution in [0.3, 0.4) is 0 Å². The van der Waals surface area contributed by atoms with Crippen LogP contribution < -0.4 is 0 Å². The Morgan fingerprint density at radius 1 is 1.00 bits per heavy atom. The summed E-state index contributed by atoms with van der Waals surface area (Å²) in [5.41, 5.74) is 0.426. The normalized spacial score (nSPS) is 23.0. The maximum absolute atomic E-state index is 13.1. The number of thiazole rings is 1. The summed E-state index contributed by atoms with van der Waals surface area (Å²) in [4.78, 5) is 46.6. The Morgan fingerprint density at radius 3 is 2.41 bits per heavy atom. The van der Waals surface area contributed by atoms with Gasteiger partial charge in [-0.3, -0.25) is 9.59 Å². The van der Waals surface area contributed by atoms with Gasteiger partial charge in [-0.2, -0.15) is 0 Å². The van der Waals surface area contributed by atoms with Crippen LogP contribution >= 0.6 is 11.3 Å². The van der Waals surface area contributed by atoms with Gasteiger partial charge in [-0.15, -0.1) is 11.3 Å². The lowest BCUT2D eigenvalue weighted by Crippen LogP contribution is -2.42. The van der Waals surface area contributed by atoms with Gasteiger partial charge < -0.3 is 14.5 Å². The molecule has 2 amide bonds. The lowest BCUT2D eigenvalue weighted by atomic mass is 9.87. The number of rotatable bonds is 5. The van der Waals surface area contributed by atoms with E-state index >= 15 is 0 Å². The summed E-state index contributed by atoms with van der Waals surface area (Å²) in [5.74, 6) is 0.348. The molecule has 3 aliphatic rings. The molecule has 1 aromatic heterocycles. The van der Waals surface area contributed by atoms with Crippen LogP contribution in [0.25, 0.3) is 0 Å².